The number of aliphatic hydroxyl groups is 1. The highest BCUT2D eigenvalue weighted by molar-refractivity contribution is 6.10. The number of hydrogen-bond donors (Lipinski definition) is 2. The number of aryl methyl sites for hydroxylation is 1. The number of amides is 1. The molecule has 0 bridgehead atoms. The number of hydrogen-bond acceptors (Lipinski definition) is 6. The molecule has 2 aromatic heterocycles. The quantitative estimate of drug-likeness (QED) is 0.378. The molecular weight excluding hydrogens is 348 g/mol. The fourth-order valence-electron chi connectivity index (χ4n) is 1.73. The Labute approximate surface area is 137 Å². The highest BCUT2D eigenvalue weighted by atomic mass is 19.4. The molecule has 2 N–H and O–H groups in total. The zero-order valence-corrected chi connectivity index (χ0v) is 12.3. The molecule has 7 nitrogen and oxygen atoms in total. The van der Waals surface area contributed by atoms with E-state index in [0.29, 0.717) is 6.20 Å². The van der Waals surface area contributed by atoms with Gasteiger partial charge in [-0.2, -0.15) is 18.4 Å². The number of pyridine rings is 1. The van der Waals surface area contributed by atoms with E-state index in [9.17, 15) is 27.5 Å². The summed E-state index contributed by atoms with van der Waals surface area (Å²) in [5, 5.41) is 24.1. The van der Waals surface area contributed by atoms with Gasteiger partial charge in [-0.05, 0) is 13.0 Å². The predicted molar refractivity (Wildman–Crippen MR) is 74.2 cm³/mol. The van der Waals surface area contributed by atoms with E-state index >= 15 is 0 Å². The first-order chi connectivity index (χ1) is 11.6. The van der Waals surface area contributed by atoms with Crippen LogP contribution in [0.15, 0.2) is 28.6 Å². The third kappa shape index (κ3) is 3.74. The zero-order valence-electron chi connectivity index (χ0n) is 12.3. The standard InChI is InChI=1S/C14H8F4N4O3/c1-6-9(5-21-25-6)11(23)8(3-19)13(24)22-12-10(15)2-7(4-20-12)14(16,17)18/h2,4-5,23H,1H3,(H,20,22,24)/b11-8-. The fourth-order valence-corrected chi connectivity index (χ4v) is 1.73. The van der Waals surface area contributed by atoms with Gasteiger partial charge in [0.25, 0.3) is 5.91 Å². The Morgan fingerprint density at radius 3 is 2.56 bits per heavy atom. The molecule has 0 aliphatic carbocycles. The van der Waals surface area contributed by atoms with Gasteiger partial charge in [0.05, 0.1) is 17.3 Å². The van der Waals surface area contributed by atoms with Gasteiger partial charge in [0.15, 0.2) is 23.0 Å². The number of carbonyl (C=O) groups is 1. The van der Waals surface area contributed by atoms with Crippen LogP contribution in [0.2, 0.25) is 0 Å². The van der Waals surface area contributed by atoms with Crippen molar-refractivity contribution < 1.29 is 32.0 Å². The lowest BCUT2D eigenvalue weighted by Crippen LogP contribution is -2.18. The van der Waals surface area contributed by atoms with Gasteiger partial charge in [0.2, 0.25) is 0 Å². The Morgan fingerprint density at radius 1 is 1.40 bits per heavy atom. The van der Waals surface area contributed by atoms with E-state index < -0.39 is 40.6 Å². The minimum atomic E-state index is -4.81. The molecule has 0 radical (unpaired) electrons. The van der Waals surface area contributed by atoms with Gasteiger partial charge in [-0.15, -0.1) is 0 Å². The predicted octanol–water partition coefficient (Wildman–Crippen LogP) is 2.97. The molecule has 0 saturated carbocycles. The molecule has 25 heavy (non-hydrogen) atoms. The number of nitriles is 1. The molecule has 0 atom stereocenters. The monoisotopic (exact) mass is 356 g/mol. The van der Waals surface area contributed by atoms with E-state index in [1.54, 1.807) is 0 Å². The highest BCUT2D eigenvalue weighted by Gasteiger charge is 2.32. The normalized spacial score (nSPS) is 12.3. The molecule has 0 aliphatic rings. The molecule has 0 fully saturated rings. The maximum Gasteiger partial charge on any atom is 0.417 e. The van der Waals surface area contributed by atoms with Crippen molar-refractivity contribution in [1.82, 2.24) is 10.1 Å². The highest BCUT2D eigenvalue weighted by Crippen LogP contribution is 2.30. The summed E-state index contributed by atoms with van der Waals surface area (Å²) in [5.41, 5.74) is -2.22. The van der Waals surface area contributed by atoms with E-state index in [-0.39, 0.29) is 17.4 Å². The fraction of sp³-hybridized carbons (Fsp3) is 0.143. The molecule has 0 saturated heterocycles. The lowest BCUT2D eigenvalue weighted by molar-refractivity contribution is -0.138. The zero-order chi connectivity index (χ0) is 18.8. The Hall–Kier alpha value is -3.42. The average molecular weight is 356 g/mol. The molecule has 2 heterocycles. The lowest BCUT2D eigenvalue weighted by Gasteiger charge is -2.09. The number of aromatic nitrogens is 2. The first-order valence-corrected chi connectivity index (χ1v) is 6.44. The van der Waals surface area contributed by atoms with E-state index in [1.165, 1.54) is 13.0 Å². The lowest BCUT2D eigenvalue weighted by atomic mass is 10.1. The Balaban J connectivity index is 2.33. The molecule has 0 aliphatic heterocycles. The molecule has 0 spiro atoms. The average Bonchev–Trinajstić information content (AvgIpc) is 2.95. The number of nitrogens with zero attached hydrogens (tertiary/aromatic N) is 3. The Bertz CT molecular complexity index is 896. The van der Waals surface area contributed by atoms with Crippen molar-refractivity contribution in [2.24, 2.45) is 0 Å². The number of anilines is 1. The van der Waals surface area contributed by atoms with E-state index in [4.69, 9.17) is 5.26 Å². The van der Waals surface area contributed by atoms with Crippen LogP contribution in [0.1, 0.15) is 16.9 Å². The first-order valence-electron chi connectivity index (χ1n) is 6.44. The van der Waals surface area contributed by atoms with Crippen LogP contribution in [0.4, 0.5) is 23.4 Å². The second kappa shape index (κ2) is 6.60. The van der Waals surface area contributed by atoms with Gasteiger partial charge >= 0.3 is 6.18 Å². The van der Waals surface area contributed by atoms with Crippen molar-refractivity contribution in [3.05, 3.63) is 46.7 Å². The third-order valence-electron chi connectivity index (χ3n) is 2.98. The van der Waals surface area contributed by atoms with Crippen molar-refractivity contribution in [2.75, 3.05) is 5.32 Å². The van der Waals surface area contributed by atoms with Crippen LogP contribution in [0.5, 0.6) is 0 Å². The van der Waals surface area contributed by atoms with Crippen LogP contribution >= 0.6 is 0 Å². The van der Waals surface area contributed by atoms with Crippen LogP contribution in [0.25, 0.3) is 5.76 Å². The Kier molecular flexibility index (Phi) is 4.73. The van der Waals surface area contributed by atoms with Gasteiger partial charge in [0, 0.05) is 6.20 Å². The number of aliphatic hydroxyl groups excluding tert-OH is 1. The van der Waals surface area contributed by atoms with Gasteiger partial charge in [-0.3, -0.25) is 4.79 Å². The van der Waals surface area contributed by atoms with Crippen LogP contribution in [0.3, 0.4) is 0 Å². The van der Waals surface area contributed by atoms with Crippen molar-refractivity contribution in [1.29, 1.82) is 5.26 Å². The van der Waals surface area contributed by atoms with Crippen LogP contribution in [-0.2, 0) is 11.0 Å². The minimum absolute atomic E-state index is 0.0486. The number of carbonyl (C=O) groups excluding carboxylic acids is 1. The van der Waals surface area contributed by atoms with Gasteiger partial charge in [-0.1, -0.05) is 5.16 Å². The van der Waals surface area contributed by atoms with Gasteiger partial charge in [-0.25, -0.2) is 9.37 Å². The first kappa shape index (κ1) is 17.9. The largest absolute Gasteiger partial charge is 0.506 e. The van der Waals surface area contributed by atoms with E-state index in [1.807, 2.05) is 5.32 Å². The van der Waals surface area contributed by atoms with Crippen LogP contribution < -0.4 is 5.32 Å². The molecule has 11 heteroatoms. The molecular formula is C14H8F4N4O3. The smallest absolute Gasteiger partial charge is 0.417 e. The maximum absolute atomic E-state index is 13.7. The SMILES string of the molecule is Cc1oncc1/C(O)=C(\C#N)C(=O)Nc1ncc(C(F)(F)F)cc1F. The van der Waals surface area contributed by atoms with Crippen molar-refractivity contribution in [2.45, 2.75) is 13.1 Å². The summed E-state index contributed by atoms with van der Waals surface area (Å²) in [4.78, 5) is 15.2. The van der Waals surface area contributed by atoms with Gasteiger partial charge in [0.1, 0.15) is 11.8 Å². The van der Waals surface area contributed by atoms with Crippen LogP contribution in [-0.4, -0.2) is 21.2 Å². The molecule has 2 aromatic rings. The molecule has 130 valence electrons. The third-order valence-corrected chi connectivity index (χ3v) is 2.98. The second-order valence-electron chi connectivity index (χ2n) is 4.64. The molecule has 0 aromatic carbocycles. The summed E-state index contributed by atoms with van der Waals surface area (Å²) < 4.78 is 55.7. The molecule has 0 unspecified atom stereocenters. The van der Waals surface area contributed by atoms with Crippen LogP contribution in [0, 0.1) is 24.1 Å². The summed E-state index contributed by atoms with van der Waals surface area (Å²) in [5.74, 6) is -4.24. The topological polar surface area (TPSA) is 112 Å². The number of alkyl halides is 3. The van der Waals surface area contributed by atoms with E-state index in [0.717, 1.165) is 6.20 Å². The Morgan fingerprint density at radius 2 is 2.08 bits per heavy atom. The summed E-state index contributed by atoms with van der Waals surface area (Å²) in [6.45, 7) is 1.41. The van der Waals surface area contributed by atoms with Crippen molar-refractivity contribution in [3.8, 4) is 6.07 Å². The molecule has 2 rings (SSSR count). The van der Waals surface area contributed by atoms with Crippen molar-refractivity contribution >= 4 is 17.5 Å². The summed E-state index contributed by atoms with van der Waals surface area (Å²) >= 11 is 0. The number of halogens is 4. The summed E-state index contributed by atoms with van der Waals surface area (Å²) in [7, 11) is 0. The molecule has 1 amide bonds. The minimum Gasteiger partial charge on any atom is -0.506 e. The summed E-state index contributed by atoms with van der Waals surface area (Å²) in [6, 6.07) is 1.55. The van der Waals surface area contributed by atoms with Crippen molar-refractivity contribution in [3.63, 3.8) is 0 Å². The summed E-state index contributed by atoms with van der Waals surface area (Å²) in [6.07, 6.45) is -3.44. The van der Waals surface area contributed by atoms with E-state index in [2.05, 4.69) is 14.7 Å². The number of rotatable bonds is 3. The maximum atomic E-state index is 13.7. The number of nitrogens with one attached hydrogen (secondary N) is 1. The second-order valence-corrected chi connectivity index (χ2v) is 4.64. The van der Waals surface area contributed by atoms with Gasteiger partial charge < -0.3 is 14.9 Å².